The predicted molar refractivity (Wildman–Crippen MR) is 154 cm³/mol. The molecule has 3 aromatic carbocycles. The number of nitro groups is 1. The quantitative estimate of drug-likeness (QED) is 0.176. The van der Waals surface area contributed by atoms with Crippen LogP contribution in [0.25, 0.3) is 10.9 Å². The fourth-order valence-electron chi connectivity index (χ4n) is 4.26. The first-order valence-electron chi connectivity index (χ1n) is 12.7. The number of ether oxygens (including phenoxy) is 3. The number of amides is 2. The Bertz CT molecular complexity index is 1530. The number of urea groups is 1. The molecule has 208 valence electrons. The van der Waals surface area contributed by atoms with Gasteiger partial charge in [-0.15, -0.1) is 0 Å². The molecule has 0 atom stereocenters. The normalized spacial score (nSPS) is 10.6. The van der Waals surface area contributed by atoms with Crippen molar-refractivity contribution in [3.05, 3.63) is 82.5 Å². The Kier molecular flexibility index (Phi) is 8.85. The lowest BCUT2D eigenvalue weighted by Gasteiger charge is -2.23. The van der Waals surface area contributed by atoms with E-state index in [0.29, 0.717) is 41.2 Å². The molecule has 4 aromatic rings. The van der Waals surface area contributed by atoms with Gasteiger partial charge in [-0.1, -0.05) is 12.1 Å². The van der Waals surface area contributed by atoms with Gasteiger partial charge in [0.25, 0.3) is 5.69 Å². The number of likely N-dealkylation sites (N-methyl/N-ethyl adjacent to an activating group) is 1. The highest BCUT2D eigenvalue weighted by molar-refractivity contribution is 5.92. The molecule has 0 spiro atoms. The Morgan fingerprint density at radius 1 is 1.02 bits per heavy atom. The monoisotopic (exact) mass is 545 g/mol. The van der Waals surface area contributed by atoms with Crippen LogP contribution in [0.2, 0.25) is 0 Å². The summed E-state index contributed by atoms with van der Waals surface area (Å²) in [6, 6.07) is 16.9. The summed E-state index contributed by atoms with van der Waals surface area (Å²) < 4.78 is 16.7. The van der Waals surface area contributed by atoms with E-state index in [4.69, 9.17) is 14.2 Å². The van der Waals surface area contributed by atoms with Crippen LogP contribution in [-0.4, -0.2) is 49.8 Å². The summed E-state index contributed by atoms with van der Waals surface area (Å²) in [6.07, 6.45) is 1.57. The number of aromatic nitrogens is 1. The molecule has 1 aromatic heterocycles. The molecule has 0 saturated carbocycles. The van der Waals surface area contributed by atoms with Crippen LogP contribution in [0.15, 0.2) is 66.9 Å². The van der Waals surface area contributed by atoms with Crippen molar-refractivity contribution in [3.63, 3.8) is 0 Å². The molecule has 0 unspecified atom stereocenters. The maximum absolute atomic E-state index is 12.6. The molecule has 0 aliphatic rings. The highest BCUT2D eigenvalue weighted by atomic mass is 16.6. The van der Waals surface area contributed by atoms with Crippen LogP contribution in [0.4, 0.5) is 21.9 Å². The number of nitro benzene ring substituents is 1. The van der Waals surface area contributed by atoms with Gasteiger partial charge in [-0.25, -0.2) is 4.79 Å². The molecule has 40 heavy (non-hydrogen) atoms. The van der Waals surface area contributed by atoms with Crippen molar-refractivity contribution in [1.29, 1.82) is 0 Å². The molecule has 2 amide bonds. The Hall–Kier alpha value is -5.06. The number of aryl methyl sites for hydroxylation is 1. The Morgan fingerprint density at radius 3 is 2.50 bits per heavy atom. The summed E-state index contributed by atoms with van der Waals surface area (Å²) in [6.45, 7) is 5.77. The van der Waals surface area contributed by atoms with Gasteiger partial charge in [0, 0.05) is 43.0 Å². The Balaban J connectivity index is 1.46. The lowest BCUT2D eigenvalue weighted by Crippen LogP contribution is -2.37. The number of carbonyl (C=O) groups is 1. The maximum Gasteiger partial charge on any atom is 0.319 e. The zero-order valence-corrected chi connectivity index (χ0v) is 22.8. The van der Waals surface area contributed by atoms with E-state index >= 15 is 0 Å². The maximum atomic E-state index is 12.6. The number of hydrogen-bond acceptors (Lipinski definition) is 8. The molecule has 0 aliphatic carbocycles. The highest BCUT2D eigenvalue weighted by Gasteiger charge is 2.19. The Morgan fingerprint density at radius 2 is 1.80 bits per heavy atom. The van der Waals surface area contributed by atoms with E-state index in [-0.39, 0.29) is 17.1 Å². The van der Waals surface area contributed by atoms with Crippen LogP contribution >= 0.6 is 0 Å². The van der Waals surface area contributed by atoms with Gasteiger partial charge in [0.05, 0.1) is 30.7 Å². The van der Waals surface area contributed by atoms with Gasteiger partial charge in [-0.3, -0.25) is 15.1 Å². The van der Waals surface area contributed by atoms with Crippen molar-refractivity contribution in [3.8, 4) is 23.0 Å². The van der Waals surface area contributed by atoms with Gasteiger partial charge in [0.2, 0.25) is 0 Å². The molecular formula is C29H31N5O6. The minimum absolute atomic E-state index is 0.0480. The molecule has 0 radical (unpaired) electrons. The number of benzene rings is 3. The van der Waals surface area contributed by atoms with Crippen molar-refractivity contribution in [2.24, 2.45) is 0 Å². The largest absolute Gasteiger partial charge is 0.493 e. The summed E-state index contributed by atoms with van der Waals surface area (Å²) in [5.74, 6) is 1.65. The molecule has 0 aliphatic heterocycles. The zero-order valence-electron chi connectivity index (χ0n) is 22.8. The van der Waals surface area contributed by atoms with Crippen LogP contribution in [-0.2, 0) is 0 Å². The van der Waals surface area contributed by atoms with E-state index in [1.54, 1.807) is 30.5 Å². The summed E-state index contributed by atoms with van der Waals surface area (Å²) in [4.78, 5) is 30.3. The van der Waals surface area contributed by atoms with E-state index in [9.17, 15) is 14.9 Å². The molecule has 4 rings (SSSR count). The fourth-order valence-corrected chi connectivity index (χ4v) is 4.26. The molecule has 1 heterocycles. The molecule has 0 fully saturated rings. The van der Waals surface area contributed by atoms with E-state index in [0.717, 1.165) is 17.8 Å². The van der Waals surface area contributed by atoms with Crippen LogP contribution in [0.3, 0.4) is 0 Å². The van der Waals surface area contributed by atoms with Crippen molar-refractivity contribution < 1.29 is 23.9 Å². The number of carbonyl (C=O) groups excluding carboxylic acids is 1. The van der Waals surface area contributed by atoms with Crippen molar-refractivity contribution in [1.82, 2.24) is 10.3 Å². The second-order valence-corrected chi connectivity index (χ2v) is 8.87. The van der Waals surface area contributed by atoms with Crippen LogP contribution < -0.4 is 29.7 Å². The van der Waals surface area contributed by atoms with E-state index in [1.807, 2.05) is 32.0 Å². The second kappa shape index (κ2) is 12.7. The van der Waals surface area contributed by atoms with Crippen molar-refractivity contribution >= 4 is 34.0 Å². The average molecular weight is 546 g/mol. The number of hydrogen-bond donors (Lipinski definition) is 2. The van der Waals surface area contributed by atoms with Crippen LogP contribution in [0, 0.1) is 17.0 Å². The van der Waals surface area contributed by atoms with E-state index < -0.39 is 11.0 Å². The van der Waals surface area contributed by atoms with Gasteiger partial charge in [-0.2, -0.15) is 0 Å². The number of rotatable bonds is 11. The summed E-state index contributed by atoms with van der Waals surface area (Å²) in [5.41, 5.74) is 2.56. The minimum Gasteiger partial charge on any atom is -0.493 e. The molecule has 0 bridgehead atoms. The third-order valence-electron chi connectivity index (χ3n) is 6.26. The van der Waals surface area contributed by atoms with Gasteiger partial charge in [-0.05, 0) is 55.8 Å². The summed E-state index contributed by atoms with van der Waals surface area (Å²) in [7, 11) is 3.06. The number of fused-ring (bicyclic) bond motifs is 1. The third kappa shape index (κ3) is 6.49. The first-order valence-corrected chi connectivity index (χ1v) is 12.7. The van der Waals surface area contributed by atoms with Crippen molar-refractivity contribution in [2.45, 2.75) is 13.8 Å². The third-order valence-corrected chi connectivity index (χ3v) is 6.26. The van der Waals surface area contributed by atoms with Gasteiger partial charge >= 0.3 is 6.03 Å². The number of pyridine rings is 1. The number of methoxy groups -OCH3 is 2. The number of anilines is 2. The minimum atomic E-state index is -0.572. The molecular weight excluding hydrogens is 514 g/mol. The molecule has 11 heteroatoms. The molecule has 0 saturated heterocycles. The fraction of sp³-hybridized carbons (Fsp3) is 0.241. The first-order chi connectivity index (χ1) is 19.3. The second-order valence-electron chi connectivity index (χ2n) is 8.87. The van der Waals surface area contributed by atoms with Gasteiger partial charge in [0.1, 0.15) is 17.2 Å². The lowest BCUT2D eigenvalue weighted by molar-refractivity contribution is -0.384. The average Bonchev–Trinajstić information content (AvgIpc) is 2.95. The smallest absolute Gasteiger partial charge is 0.319 e. The number of nitrogens with one attached hydrogen (secondary N) is 2. The highest BCUT2D eigenvalue weighted by Crippen LogP contribution is 2.38. The predicted octanol–water partition coefficient (Wildman–Crippen LogP) is 5.91. The first kappa shape index (κ1) is 28.0. The van der Waals surface area contributed by atoms with Crippen LogP contribution in [0.1, 0.15) is 12.5 Å². The summed E-state index contributed by atoms with van der Waals surface area (Å²) >= 11 is 0. The molecule has 11 nitrogen and oxygen atoms in total. The SMILES string of the molecule is CCN(CCNC(=O)Nc1ccc(Oc2ccnc3cc(OC)c(OC)cc23)cc1[N+](=O)[O-])c1cccc(C)c1. The van der Waals surface area contributed by atoms with E-state index in [1.165, 1.54) is 26.4 Å². The van der Waals surface area contributed by atoms with Gasteiger partial charge < -0.3 is 29.7 Å². The summed E-state index contributed by atoms with van der Waals surface area (Å²) in [5, 5.41) is 17.8. The topological polar surface area (TPSA) is 128 Å². The van der Waals surface area contributed by atoms with E-state index in [2.05, 4.69) is 26.6 Å². The lowest BCUT2D eigenvalue weighted by atomic mass is 10.1. The Labute approximate surface area is 231 Å². The number of nitrogens with zero attached hydrogens (tertiary/aromatic N) is 3. The standard InChI is InChI=1S/C29H31N5O6/c1-5-33(20-8-6-7-19(2)15-20)14-13-31-29(35)32-23-10-9-21(16-25(23)34(36)37)40-26-11-12-30-24-18-28(39-4)27(38-3)17-22(24)26/h6-12,15-18H,5,13-14H2,1-4H3,(H2,31,32,35). The molecule has 2 N–H and O–H groups in total. The van der Waals surface area contributed by atoms with Crippen molar-refractivity contribution in [2.75, 3.05) is 44.1 Å². The van der Waals surface area contributed by atoms with Gasteiger partial charge in [0.15, 0.2) is 11.5 Å². The van der Waals surface area contributed by atoms with Crippen LogP contribution in [0.5, 0.6) is 23.0 Å². The zero-order chi connectivity index (χ0) is 28.6.